The van der Waals surface area contributed by atoms with E-state index in [4.69, 9.17) is 0 Å². The molecule has 1 heterocycles. The first kappa shape index (κ1) is 5.47. The first-order valence-electron chi connectivity index (χ1n) is 3.23. The second-order valence-electron chi connectivity index (χ2n) is 2.39. The lowest BCUT2D eigenvalue weighted by molar-refractivity contribution is -0.110. The van der Waals surface area contributed by atoms with Crippen LogP contribution in [0.15, 0.2) is 36.2 Å². The molecule has 0 bridgehead atoms. The topological polar surface area (TPSA) is 29.1 Å². The molecule has 1 aliphatic heterocycles. The second-order valence-corrected chi connectivity index (χ2v) is 2.39. The zero-order valence-electron chi connectivity index (χ0n) is 5.37. The van der Waals surface area contributed by atoms with Gasteiger partial charge < -0.3 is 5.32 Å². The highest BCUT2D eigenvalue weighted by atomic mass is 16.1. The molecule has 1 aliphatic carbocycles. The molecule has 0 aromatic rings. The average molecular weight is 133 g/mol. The molecule has 0 aromatic carbocycles. The van der Waals surface area contributed by atoms with E-state index in [9.17, 15) is 4.79 Å². The standard InChI is InChI=1S/C8H7NO/c10-7-2-1-6-3-4-9-8(6)5-7/h1-6,9H/t6-/m0/s1. The van der Waals surface area contributed by atoms with Crippen LogP contribution in [0.4, 0.5) is 0 Å². The molecule has 2 nitrogen and oxygen atoms in total. The summed E-state index contributed by atoms with van der Waals surface area (Å²) >= 11 is 0. The quantitative estimate of drug-likeness (QED) is 0.528. The fourth-order valence-electron chi connectivity index (χ4n) is 1.15. The Bertz CT molecular complexity index is 260. The minimum atomic E-state index is 0.0717. The lowest BCUT2D eigenvalue weighted by atomic mass is 10.0. The van der Waals surface area contributed by atoms with E-state index in [0.717, 1.165) is 5.70 Å². The maximum absolute atomic E-state index is 10.8. The number of fused-ring (bicyclic) bond motifs is 1. The highest BCUT2D eigenvalue weighted by Crippen LogP contribution is 2.20. The Labute approximate surface area is 58.9 Å². The summed E-state index contributed by atoms with van der Waals surface area (Å²) in [4.78, 5) is 10.8. The Balaban J connectivity index is 2.36. The van der Waals surface area contributed by atoms with Crippen LogP contribution in [0.1, 0.15) is 0 Å². The van der Waals surface area contributed by atoms with E-state index in [-0.39, 0.29) is 5.78 Å². The molecular weight excluding hydrogens is 126 g/mol. The van der Waals surface area contributed by atoms with Gasteiger partial charge in [-0.2, -0.15) is 0 Å². The molecule has 0 amide bonds. The van der Waals surface area contributed by atoms with Gasteiger partial charge in [-0.15, -0.1) is 0 Å². The predicted molar refractivity (Wildman–Crippen MR) is 38.0 cm³/mol. The number of hydrogen-bond acceptors (Lipinski definition) is 2. The second kappa shape index (κ2) is 1.84. The summed E-state index contributed by atoms with van der Waals surface area (Å²) in [5, 5.41) is 3.00. The number of allylic oxidation sites excluding steroid dienone is 3. The van der Waals surface area contributed by atoms with Crippen molar-refractivity contribution in [1.29, 1.82) is 0 Å². The van der Waals surface area contributed by atoms with Gasteiger partial charge >= 0.3 is 0 Å². The summed E-state index contributed by atoms with van der Waals surface area (Å²) in [6.07, 6.45) is 9.01. The summed E-state index contributed by atoms with van der Waals surface area (Å²) < 4.78 is 0. The number of carbonyl (C=O) groups excluding carboxylic acids is 1. The molecule has 2 rings (SSSR count). The van der Waals surface area contributed by atoms with Gasteiger partial charge in [0.1, 0.15) is 0 Å². The molecule has 50 valence electrons. The molecule has 0 radical (unpaired) electrons. The van der Waals surface area contributed by atoms with Crippen LogP contribution in [0, 0.1) is 5.92 Å². The van der Waals surface area contributed by atoms with Crippen molar-refractivity contribution in [2.45, 2.75) is 0 Å². The molecule has 10 heavy (non-hydrogen) atoms. The number of carbonyl (C=O) groups is 1. The van der Waals surface area contributed by atoms with Crippen LogP contribution in [0.2, 0.25) is 0 Å². The van der Waals surface area contributed by atoms with Crippen LogP contribution in [0.25, 0.3) is 0 Å². The first-order valence-corrected chi connectivity index (χ1v) is 3.23. The lowest BCUT2D eigenvalue weighted by Crippen LogP contribution is -2.10. The van der Waals surface area contributed by atoms with E-state index in [1.165, 1.54) is 0 Å². The van der Waals surface area contributed by atoms with Gasteiger partial charge in [-0.25, -0.2) is 0 Å². The zero-order chi connectivity index (χ0) is 6.97. The van der Waals surface area contributed by atoms with Crippen molar-refractivity contribution >= 4 is 5.78 Å². The van der Waals surface area contributed by atoms with Gasteiger partial charge in [-0.1, -0.05) is 12.2 Å². The summed E-state index contributed by atoms with van der Waals surface area (Å²) in [6, 6.07) is 0. The van der Waals surface area contributed by atoms with E-state index >= 15 is 0 Å². The van der Waals surface area contributed by atoms with Crippen LogP contribution >= 0.6 is 0 Å². The lowest BCUT2D eigenvalue weighted by Gasteiger charge is -2.08. The number of rotatable bonds is 0. The Morgan fingerprint density at radius 3 is 3.20 bits per heavy atom. The summed E-state index contributed by atoms with van der Waals surface area (Å²) in [5.74, 6) is 0.389. The van der Waals surface area contributed by atoms with Gasteiger partial charge in [0.2, 0.25) is 0 Å². The SMILES string of the molecule is O=C1C=C[C@H]2C=CNC2=C1. The molecule has 1 atom stereocenters. The van der Waals surface area contributed by atoms with E-state index in [1.54, 1.807) is 12.2 Å². The normalized spacial score (nSPS) is 27.8. The van der Waals surface area contributed by atoms with E-state index in [0.29, 0.717) is 5.92 Å². The maximum Gasteiger partial charge on any atom is 0.180 e. The molecule has 0 saturated carbocycles. The van der Waals surface area contributed by atoms with Crippen LogP contribution in [0.5, 0.6) is 0 Å². The number of hydrogen-bond donors (Lipinski definition) is 1. The van der Waals surface area contributed by atoms with Crippen LogP contribution in [-0.4, -0.2) is 5.78 Å². The zero-order valence-corrected chi connectivity index (χ0v) is 5.37. The molecule has 2 aliphatic rings. The van der Waals surface area contributed by atoms with Crippen molar-refractivity contribution in [3.05, 3.63) is 36.2 Å². The molecule has 0 spiro atoms. The minimum absolute atomic E-state index is 0.0717. The molecule has 0 fully saturated rings. The Kier molecular flexibility index (Phi) is 1.01. The highest BCUT2D eigenvalue weighted by Gasteiger charge is 2.16. The van der Waals surface area contributed by atoms with Gasteiger partial charge in [-0.3, -0.25) is 4.79 Å². The third-order valence-corrected chi connectivity index (χ3v) is 1.68. The Morgan fingerprint density at radius 2 is 2.30 bits per heavy atom. The minimum Gasteiger partial charge on any atom is -0.364 e. The van der Waals surface area contributed by atoms with E-state index < -0.39 is 0 Å². The van der Waals surface area contributed by atoms with Crippen molar-refractivity contribution < 1.29 is 4.79 Å². The number of nitrogens with one attached hydrogen (secondary N) is 1. The monoisotopic (exact) mass is 133 g/mol. The third kappa shape index (κ3) is 0.692. The Morgan fingerprint density at radius 1 is 1.40 bits per heavy atom. The van der Waals surface area contributed by atoms with Gasteiger partial charge in [0.25, 0.3) is 0 Å². The van der Waals surface area contributed by atoms with Crippen LogP contribution < -0.4 is 5.32 Å². The highest BCUT2D eigenvalue weighted by molar-refractivity contribution is 6.01. The van der Waals surface area contributed by atoms with Gasteiger partial charge in [0.15, 0.2) is 5.78 Å². The van der Waals surface area contributed by atoms with Crippen molar-refractivity contribution in [2.24, 2.45) is 5.92 Å². The van der Waals surface area contributed by atoms with Crippen LogP contribution in [-0.2, 0) is 4.79 Å². The molecule has 0 saturated heterocycles. The van der Waals surface area contributed by atoms with Gasteiger partial charge in [0.05, 0.1) is 0 Å². The van der Waals surface area contributed by atoms with Crippen molar-refractivity contribution in [2.75, 3.05) is 0 Å². The van der Waals surface area contributed by atoms with Crippen LogP contribution in [0.3, 0.4) is 0 Å². The van der Waals surface area contributed by atoms with Crippen molar-refractivity contribution in [3.8, 4) is 0 Å². The van der Waals surface area contributed by atoms with E-state index in [1.807, 2.05) is 18.4 Å². The van der Waals surface area contributed by atoms with Gasteiger partial charge in [0, 0.05) is 17.7 Å². The largest absolute Gasteiger partial charge is 0.364 e. The third-order valence-electron chi connectivity index (χ3n) is 1.68. The summed E-state index contributed by atoms with van der Waals surface area (Å²) in [5.41, 5.74) is 0.993. The van der Waals surface area contributed by atoms with E-state index in [2.05, 4.69) is 5.32 Å². The fraction of sp³-hybridized carbons (Fsp3) is 0.125. The van der Waals surface area contributed by atoms with Crippen molar-refractivity contribution in [3.63, 3.8) is 0 Å². The number of ketones is 1. The first-order chi connectivity index (χ1) is 4.86. The predicted octanol–water partition coefficient (Wildman–Crippen LogP) is 0.742. The van der Waals surface area contributed by atoms with Gasteiger partial charge in [-0.05, 0) is 12.3 Å². The maximum atomic E-state index is 10.8. The molecule has 0 aromatic heterocycles. The summed E-state index contributed by atoms with van der Waals surface area (Å²) in [7, 11) is 0. The average Bonchev–Trinajstić information content (AvgIpc) is 2.33. The molecular formula is C8H7NO. The molecule has 0 unspecified atom stereocenters. The summed E-state index contributed by atoms with van der Waals surface area (Å²) in [6.45, 7) is 0. The molecule has 2 heteroatoms. The fourth-order valence-corrected chi connectivity index (χ4v) is 1.15. The smallest absolute Gasteiger partial charge is 0.180 e. The molecule has 1 N–H and O–H groups in total. The Hall–Kier alpha value is -1.31. The van der Waals surface area contributed by atoms with Crippen molar-refractivity contribution in [1.82, 2.24) is 5.32 Å².